The molecular weight excluding hydrogens is 374 g/mol. The normalized spacial score (nSPS) is 13.9. The first-order valence-corrected chi connectivity index (χ1v) is 9.64. The van der Waals surface area contributed by atoms with E-state index in [0.717, 1.165) is 12.8 Å². The monoisotopic (exact) mass is 399 g/mol. The maximum atomic E-state index is 12.6. The predicted molar refractivity (Wildman–Crippen MR) is 106 cm³/mol. The Morgan fingerprint density at radius 3 is 2.62 bits per heavy atom. The quantitative estimate of drug-likeness (QED) is 0.214. The van der Waals surface area contributed by atoms with E-state index in [1.165, 1.54) is 0 Å². The maximum Gasteiger partial charge on any atom is 0.273 e. The molecule has 2 aromatic rings. The maximum absolute atomic E-state index is 12.6. The van der Waals surface area contributed by atoms with Crippen LogP contribution in [-0.4, -0.2) is 50.4 Å². The van der Waals surface area contributed by atoms with Crippen molar-refractivity contribution in [2.45, 2.75) is 45.1 Å². The number of carbonyl (C=O) groups is 2. The Kier molecular flexibility index (Phi) is 6.43. The molecule has 3 rings (SSSR count). The lowest BCUT2D eigenvalue weighted by molar-refractivity contribution is 0.0940. The highest BCUT2D eigenvalue weighted by molar-refractivity contribution is 5.95. The highest BCUT2D eigenvalue weighted by atomic mass is 16.4. The zero-order valence-corrected chi connectivity index (χ0v) is 16.3. The molecule has 0 saturated heterocycles. The van der Waals surface area contributed by atoms with Crippen LogP contribution in [0.4, 0.5) is 0 Å². The van der Waals surface area contributed by atoms with Gasteiger partial charge >= 0.3 is 0 Å². The number of aromatic nitrogens is 3. The molecule has 0 atom stereocenters. The molecule has 1 aliphatic rings. The molecule has 1 aromatic heterocycles. The molecule has 2 amide bonds. The molecule has 29 heavy (non-hydrogen) atoms. The summed E-state index contributed by atoms with van der Waals surface area (Å²) in [5.74, 6) is -0.281. The molecule has 154 valence electrons. The number of hydrogen-bond donors (Lipinski definition) is 4. The lowest BCUT2D eigenvalue weighted by atomic mass is 10.1. The lowest BCUT2D eigenvalue weighted by Gasteiger charge is -2.09. The molecule has 0 radical (unpaired) electrons. The van der Waals surface area contributed by atoms with Crippen molar-refractivity contribution in [2.75, 3.05) is 6.54 Å². The lowest BCUT2D eigenvalue weighted by Crippen LogP contribution is -2.27. The molecule has 0 unspecified atom stereocenters. The number of carbonyl (C=O) groups excluding carboxylic acids is 2. The second-order valence-corrected chi connectivity index (χ2v) is 6.90. The van der Waals surface area contributed by atoms with Gasteiger partial charge in [-0.1, -0.05) is 10.4 Å². The van der Waals surface area contributed by atoms with Gasteiger partial charge in [0.15, 0.2) is 5.69 Å². The topological polar surface area (TPSA) is 148 Å². The van der Waals surface area contributed by atoms with Crippen LogP contribution in [-0.2, 0) is 6.42 Å². The summed E-state index contributed by atoms with van der Waals surface area (Å²) in [7, 11) is 0. The molecule has 1 heterocycles. The Balaban J connectivity index is 1.85. The van der Waals surface area contributed by atoms with Crippen molar-refractivity contribution in [1.29, 1.82) is 0 Å². The van der Waals surface area contributed by atoms with E-state index in [0.29, 0.717) is 42.8 Å². The van der Waals surface area contributed by atoms with E-state index in [1.807, 2.05) is 6.92 Å². The molecule has 0 aliphatic heterocycles. The van der Waals surface area contributed by atoms with Crippen LogP contribution in [0.25, 0.3) is 5.69 Å². The first-order chi connectivity index (χ1) is 14.0. The zero-order valence-electron chi connectivity index (χ0n) is 16.3. The second kappa shape index (κ2) is 9.18. The first kappa shape index (κ1) is 20.3. The van der Waals surface area contributed by atoms with Crippen molar-refractivity contribution in [3.05, 3.63) is 41.2 Å². The SMILES string of the molecule is CCNC(=O)c1ccc(-n2nnc(C(=O)NC3CC3)c2CCC/C(N)=N/O)cc1. The number of amides is 2. The molecule has 1 aliphatic carbocycles. The van der Waals surface area contributed by atoms with Crippen LogP contribution in [0.3, 0.4) is 0 Å². The molecule has 10 nitrogen and oxygen atoms in total. The van der Waals surface area contributed by atoms with Crippen molar-refractivity contribution in [1.82, 2.24) is 25.6 Å². The minimum absolute atomic E-state index is 0.124. The highest BCUT2D eigenvalue weighted by Gasteiger charge is 2.27. The third-order valence-corrected chi connectivity index (χ3v) is 4.58. The standard InChI is InChI=1S/C19H25N7O3/c1-2-21-18(27)12-6-10-14(11-7-12)26-15(4-3-5-16(20)24-29)17(23-25-26)19(28)22-13-8-9-13/h6-7,10-11,13,29H,2-5,8-9H2,1H3,(H2,20,24)(H,21,27)(H,22,28). The Bertz CT molecular complexity index is 901. The fraction of sp³-hybridized carbons (Fsp3) is 0.421. The van der Waals surface area contributed by atoms with Gasteiger partial charge in [-0.15, -0.1) is 5.10 Å². The second-order valence-electron chi connectivity index (χ2n) is 6.90. The smallest absolute Gasteiger partial charge is 0.273 e. The predicted octanol–water partition coefficient (Wildman–Crippen LogP) is 0.978. The average molecular weight is 399 g/mol. The van der Waals surface area contributed by atoms with Crippen LogP contribution in [0.2, 0.25) is 0 Å². The van der Waals surface area contributed by atoms with Crippen molar-refractivity contribution < 1.29 is 14.8 Å². The third-order valence-electron chi connectivity index (χ3n) is 4.58. The molecule has 1 fully saturated rings. The van der Waals surface area contributed by atoms with Gasteiger partial charge in [0.1, 0.15) is 5.84 Å². The minimum Gasteiger partial charge on any atom is -0.409 e. The van der Waals surface area contributed by atoms with Crippen LogP contribution in [0.1, 0.15) is 59.1 Å². The molecule has 1 saturated carbocycles. The first-order valence-electron chi connectivity index (χ1n) is 9.64. The van der Waals surface area contributed by atoms with E-state index < -0.39 is 0 Å². The molecular formula is C19H25N7O3. The third kappa shape index (κ3) is 5.09. The van der Waals surface area contributed by atoms with Gasteiger partial charge in [-0.05, 0) is 56.9 Å². The van der Waals surface area contributed by atoms with E-state index in [9.17, 15) is 9.59 Å². The fourth-order valence-electron chi connectivity index (χ4n) is 2.89. The van der Waals surface area contributed by atoms with Crippen molar-refractivity contribution in [3.63, 3.8) is 0 Å². The van der Waals surface area contributed by atoms with Gasteiger partial charge in [-0.2, -0.15) is 0 Å². The Labute approximate surface area is 168 Å². The van der Waals surface area contributed by atoms with Gasteiger partial charge in [0.2, 0.25) is 0 Å². The van der Waals surface area contributed by atoms with Crippen molar-refractivity contribution in [3.8, 4) is 5.69 Å². The molecule has 0 spiro atoms. The summed E-state index contributed by atoms with van der Waals surface area (Å²) in [6.45, 7) is 2.41. The largest absolute Gasteiger partial charge is 0.409 e. The van der Waals surface area contributed by atoms with Crippen LogP contribution in [0, 0.1) is 0 Å². The van der Waals surface area contributed by atoms with E-state index in [-0.39, 0.29) is 29.4 Å². The number of oxime groups is 1. The number of nitrogens with two attached hydrogens (primary N) is 1. The number of benzene rings is 1. The van der Waals surface area contributed by atoms with Gasteiger partial charge in [-0.3, -0.25) is 9.59 Å². The summed E-state index contributed by atoms with van der Waals surface area (Å²) < 4.78 is 1.59. The van der Waals surface area contributed by atoms with Crippen LogP contribution in [0.5, 0.6) is 0 Å². The highest BCUT2D eigenvalue weighted by Crippen LogP contribution is 2.21. The minimum atomic E-state index is -0.253. The van der Waals surface area contributed by atoms with Crippen LogP contribution < -0.4 is 16.4 Å². The number of nitrogens with zero attached hydrogens (tertiary/aromatic N) is 4. The Hall–Kier alpha value is -3.43. The summed E-state index contributed by atoms with van der Waals surface area (Å²) in [4.78, 5) is 24.5. The molecule has 5 N–H and O–H groups in total. The Morgan fingerprint density at radius 1 is 1.28 bits per heavy atom. The van der Waals surface area contributed by atoms with Crippen LogP contribution in [0.15, 0.2) is 29.4 Å². The summed E-state index contributed by atoms with van der Waals surface area (Å²) in [6.07, 6.45) is 3.35. The molecule has 10 heteroatoms. The van der Waals surface area contributed by atoms with E-state index in [1.54, 1.807) is 28.9 Å². The van der Waals surface area contributed by atoms with Gasteiger partial charge in [0.05, 0.1) is 11.4 Å². The van der Waals surface area contributed by atoms with Gasteiger partial charge in [0.25, 0.3) is 11.8 Å². The van der Waals surface area contributed by atoms with E-state index >= 15 is 0 Å². The van der Waals surface area contributed by atoms with Crippen molar-refractivity contribution in [2.24, 2.45) is 10.9 Å². The fourth-order valence-corrected chi connectivity index (χ4v) is 2.89. The van der Waals surface area contributed by atoms with Gasteiger partial charge in [-0.25, -0.2) is 4.68 Å². The summed E-state index contributed by atoms with van der Waals surface area (Å²) in [6, 6.07) is 7.12. The van der Waals surface area contributed by atoms with Gasteiger partial charge < -0.3 is 21.6 Å². The van der Waals surface area contributed by atoms with E-state index in [4.69, 9.17) is 10.9 Å². The van der Waals surface area contributed by atoms with Crippen molar-refractivity contribution >= 4 is 17.6 Å². The van der Waals surface area contributed by atoms with Gasteiger partial charge in [0, 0.05) is 24.6 Å². The Morgan fingerprint density at radius 2 is 2.00 bits per heavy atom. The molecule has 0 bridgehead atoms. The zero-order chi connectivity index (χ0) is 20.8. The number of amidine groups is 1. The average Bonchev–Trinajstić information content (AvgIpc) is 3.44. The van der Waals surface area contributed by atoms with E-state index in [2.05, 4.69) is 26.1 Å². The summed E-state index contributed by atoms with van der Waals surface area (Å²) in [5, 5.41) is 25.6. The molecule has 1 aromatic carbocycles. The van der Waals surface area contributed by atoms with Crippen LogP contribution >= 0.6 is 0 Å². The summed E-state index contributed by atoms with van der Waals surface area (Å²) >= 11 is 0. The number of hydrogen-bond acceptors (Lipinski definition) is 6. The number of nitrogens with one attached hydrogen (secondary N) is 2. The summed E-state index contributed by atoms with van der Waals surface area (Å²) in [5.41, 5.74) is 7.68. The number of rotatable bonds is 9.